The minimum atomic E-state index is -1.12. The number of hydrogen-bond donors (Lipinski definition) is 4. The summed E-state index contributed by atoms with van der Waals surface area (Å²) < 4.78 is 5.19. The van der Waals surface area contributed by atoms with Crippen molar-refractivity contribution in [3.63, 3.8) is 0 Å². The van der Waals surface area contributed by atoms with Crippen LogP contribution in [0.25, 0.3) is 0 Å². The number of allylic oxidation sites excluding steroid dienone is 3. The molecular weight excluding hydrogens is 378 g/mol. The first kappa shape index (κ1) is 28.2. The Kier molecular flexibility index (Phi) is 10.8. The third-order valence-corrected chi connectivity index (χ3v) is 3.84. The van der Waals surface area contributed by atoms with Crippen LogP contribution in [0, 0.1) is 0 Å². The highest BCUT2D eigenvalue weighted by atomic mass is 16.6. The molecule has 2 rings (SSSR count). The number of carbonyl (C=O) groups excluding carboxylic acids is 1. The maximum Gasteiger partial charge on any atom is 0.335 e. The van der Waals surface area contributed by atoms with Crippen molar-refractivity contribution >= 4 is 17.9 Å². The van der Waals surface area contributed by atoms with E-state index in [1.54, 1.807) is 33.8 Å². The van der Waals surface area contributed by atoms with Gasteiger partial charge < -0.3 is 25.8 Å². The van der Waals surface area contributed by atoms with Gasteiger partial charge in [-0.05, 0) is 45.3 Å². The van der Waals surface area contributed by atoms with Crippen molar-refractivity contribution in [3.8, 4) is 0 Å². The zero-order chi connectivity index (χ0) is 20.9. The van der Waals surface area contributed by atoms with Crippen LogP contribution in [0.5, 0.6) is 0 Å². The van der Waals surface area contributed by atoms with Gasteiger partial charge in [-0.3, -0.25) is 4.79 Å². The Bertz CT molecular complexity index is 777. The van der Waals surface area contributed by atoms with Crippen molar-refractivity contribution in [2.75, 3.05) is 0 Å². The predicted octanol–water partition coefficient (Wildman–Crippen LogP) is 3.85. The van der Waals surface area contributed by atoms with Crippen LogP contribution < -0.4 is 5.73 Å². The molecule has 8 nitrogen and oxygen atoms in total. The molecule has 0 aromatic rings. The van der Waals surface area contributed by atoms with E-state index in [4.69, 9.17) is 25.8 Å². The molecule has 0 aromatic carbocycles. The standard InChI is InChI=1S/C13H18O4.C6H7NO3.2CH4/c1-8-9(5-6-10(8)12(15)16)7-11(14)17-13(2,3)4;7-4-2-1-3(5(4)8)6(9)10;;/h5H,6-7H2,1-4H3,(H,15,16);2,8H,1,7H2,(H,9,10);2*1H4. The summed E-state index contributed by atoms with van der Waals surface area (Å²) in [6.45, 7) is 7.14. The molecule has 0 heterocycles. The second-order valence-corrected chi connectivity index (χ2v) is 7.10. The molecule has 0 amide bonds. The van der Waals surface area contributed by atoms with Crippen molar-refractivity contribution < 1.29 is 34.4 Å². The van der Waals surface area contributed by atoms with E-state index in [1.807, 2.05) is 0 Å². The van der Waals surface area contributed by atoms with Crippen molar-refractivity contribution in [1.29, 1.82) is 0 Å². The average Bonchev–Trinajstić information content (AvgIpc) is 3.02. The molecule has 0 aromatic heterocycles. The molecule has 0 saturated heterocycles. The summed E-state index contributed by atoms with van der Waals surface area (Å²) >= 11 is 0. The zero-order valence-electron chi connectivity index (χ0n) is 15.8. The first-order chi connectivity index (χ1) is 12.3. The normalized spacial score (nSPS) is 15.3. The summed E-state index contributed by atoms with van der Waals surface area (Å²) in [6.07, 6.45) is 3.99. The van der Waals surface area contributed by atoms with Gasteiger partial charge in [-0.25, -0.2) is 9.59 Å². The molecule has 0 saturated carbocycles. The molecule has 5 N–H and O–H groups in total. The Morgan fingerprint density at radius 1 is 1.03 bits per heavy atom. The van der Waals surface area contributed by atoms with Crippen molar-refractivity contribution in [3.05, 3.63) is 45.9 Å². The number of aliphatic hydroxyl groups is 1. The fraction of sp³-hybridized carbons (Fsp3) is 0.476. The fourth-order valence-corrected chi connectivity index (χ4v) is 2.48. The molecule has 2 aliphatic rings. The topological polar surface area (TPSA) is 147 Å². The number of hydrogen-bond acceptors (Lipinski definition) is 6. The largest absolute Gasteiger partial charge is 0.505 e. The summed E-state index contributed by atoms with van der Waals surface area (Å²) in [5.41, 5.74) is 6.62. The van der Waals surface area contributed by atoms with Gasteiger partial charge in [0.25, 0.3) is 0 Å². The van der Waals surface area contributed by atoms with Gasteiger partial charge in [-0.2, -0.15) is 0 Å². The number of rotatable bonds is 4. The number of carbonyl (C=O) groups is 3. The van der Waals surface area contributed by atoms with E-state index < -0.39 is 17.5 Å². The monoisotopic (exact) mass is 411 g/mol. The summed E-state index contributed by atoms with van der Waals surface area (Å²) in [6, 6.07) is 0. The van der Waals surface area contributed by atoms with Crippen LogP contribution in [-0.2, 0) is 19.1 Å². The quantitative estimate of drug-likeness (QED) is 0.510. The molecule has 0 aliphatic heterocycles. The second-order valence-electron chi connectivity index (χ2n) is 7.10. The van der Waals surface area contributed by atoms with E-state index >= 15 is 0 Å². The second kappa shape index (κ2) is 11.1. The van der Waals surface area contributed by atoms with Crippen LogP contribution >= 0.6 is 0 Å². The maximum absolute atomic E-state index is 11.6. The van der Waals surface area contributed by atoms with Gasteiger partial charge in [0.1, 0.15) is 11.4 Å². The minimum absolute atomic E-state index is 0. The van der Waals surface area contributed by atoms with Gasteiger partial charge in [-0.1, -0.05) is 27.0 Å². The predicted molar refractivity (Wildman–Crippen MR) is 111 cm³/mol. The van der Waals surface area contributed by atoms with Crippen LogP contribution in [0.15, 0.2) is 45.9 Å². The van der Waals surface area contributed by atoms with Crippen molar-refractivity contribution in [2.45, 2.75) is 67.4 Å². The van der Waals surface area contributed by atoms with E-state index in [0.29, 0.717) is 17.6 Å². The summed E-state index contributed by atoms with van der Waals surface area (Å²) in [7, 11) is 0. The average molecular weight is 411 g/mol. The molecule has 0 unspecified atom stereocenters. The summed E-state index contributed by atoms with van der Waals surface area (Å²) in [5, 5.41) is 26.2. The van der Waals surface area contributed by atoms with Crippen LogP contribution in [0.2, 0.25) is 0 Å². The molecule has 0 radical (unpaired) electrons. The van der Waals surface area contributed by atoms with Crippen molar-refractivity contribution in [1.82, 2.24) is 0 Å². The van der Waals surface area contributed by atoms with Crippen LogP contribution in [0.3, 0.4) is 0 Å². The highest BCUT2D eigenvalue weighted by Crippen LogP contribution is 2.29. The van der Waals surface area contributed by atoms with Gasteiger partial charge in [0.15, 0.2) is 0 Å². The first-order valence-corrected chi connectivity index (χ1v) is 8.29. The zero-order valence-corrected chi connectivity index (χ0v) is 15.8. The van der Waals surface area contributed by atoms with E-state index in [0.717, 1.165) is 5.57 Å². The lowest BCUT2D eigenvalue weighted by atomic mass is 10.1. The Labute approximate surface area is 172 Å². The van der Waals surface area contributed by atoms with E-state index in [9.17, 15) is 14.4 Å². The molecule has 0 bridgehead atoms. The lowest BCUT2D eigenvalue weighted by Gasteiger charge is -2.19. The van der Waals surface area contributed by atoms with Crippen LogP contribution in [0.4, 0.5) is 0 Å². The number of aliphatic hydroxyl groups excluding tert-OH is 1. The SMILES string of the molecule is C.C.CC1=C(C(=O)O)CC=C1CC(=O)OC(C)(C)C.NC1=CCC(C(=O)O)=C1O. The lowest BCUT2D eigenvalue weighted by Crippen LogP contribution is -2.24. The lowest BCUT2D eigenvalue weighted by molar-refractivity contribution is -0.153. The molecule has 29 heavy (non-hydrogen) atoms. The van der Waals surface area contributed by atoms with E-state index in [2.05, 4.69) is 0 Å². The third-order valence-electron chi connectivity index (χ3n) is 3.84. The number of nitrogens with two attached hydrogens (primary N) is 1. The summed E-state index contributed by atoms with van der Waals surface area (Å²) in [5.74, 6) is -2.66. The molecular formula is C21H33NO7. The third kappa shape index (κ3) is 8.25. The van der Waals surface area contributed by atoms with E-state index in [1.165, 1.54) is 6.08 Å². The Morgan fingerprint density at radius 2 is 1.52 bits per heavy atom. The molecule has 164 valence electrons. The van der Waals surface area contributed by atoms with Crippen LogP contribution in [-0.4, -0.2) is 38.8 Å². The molecule has 0 spiro atoms. The maximum atomic E-state index is 11.6. The molecule has 2 aliphatic carbocycles. The van der Waals surface area contributed by atoms with E-state index in [-0.39, 0.29) is 50.7 Å². The number of ether oxygens (including phenoxy) is 1. The Morgan fingerprint density at radius 3 is 1.83 bits per heavy atom. The fourth-order valence-electron chi connectivity index (χ4n) is 2.48. The highest BCUT2D eigenvalue weighted by Gasteiger charge is 2.23. The van der Waals surface area contributed by atoms with Gasteiger partial charge in [-0.15, -0.1) is 0 Å². The van der Waals surface area contributed by atoms with Crippen molar-refractivity contribution in [2.24, 2.45) is 5.73 Å². The molecule has 8 heteroatoms. The Hall–Kier alpha value is -3.03. The first-order valence-electron chi connectivity index (χ1n) is 8.29. The van der Waals surface area contributed by atoms with Gasteiger partial charge >= 0.3 is 17.9 Å². The minimum Gasteiger partial charge on any atom is -0.505 e. The summed E-state index contributed by atoms with van der Waals surface area (Å²) in [4.78, 5) is 32.7. The molecule has 0 fully saturated rings. The number of carboxylic acid groups (broad SMARTS) is 2. The number of aliphatic carboxylic acids is 2. The number of esters is 1. The molecule has 0 atom stereocenters. The van der Waals surface area contributed by atoms with Gasteiger partial charge in [0.05, 0.1) is 17.7 Å². The highest BCUT2D eigenvalue weighted by molar-refractivity contribution is 5.91. The Balaban J connectivity index is 0. The van der Waals surface area contributed by atoms with Crippen LogP contribution in [0.1, 0.15) is 61.8 Å². The van der Waals surface area contributed by atoms with Gasteiger partial charge in [0, 0.05) is 12.0 Å². The smallest absolute Gasteiger partial charge is 0.335 e. The van der Waals surface area contributed by atoms with Gasteiger partial charge in [0.2, 0.25) is 0 Å². The number of carboxylic acids is 2.